The SMILES string of the molecule is COc1cc2c(cc1OC)S(=O)(=O)N(Cc1noc(C)n1)C2=O. The molecule has 0 spiro atoms. The van der Waals surface area contributed by atoms with E-state index in [0.29, 0.717) is 4.31 Å². The summed E-state index contributed by atoms with van der Waals surface area (Å²) in [5, 5.41) is 3.62. The van der Waals surface area contributed by atoms with E-state index in [-0.39, 0.29) is 40.2 Å². The maximum Gasteiger partial charge on any atom is 0.269 e. The van der Waals surface area contributed by atoms with Crippen LogP contribution in [0.5, 0.6) is 11.5 Å². The first-order valence-electron chi connectivity index (χ1n) is 6.50. The summed E-state index contributed by atoms with van der Waals surface area (Å²) in [6.45, 7) is 1.26. The molecule has 0 saturated heterocycles. The Morgan fingerprint density at radius 2 is 1.87 bits per heavy atom. The van der Waals surface area contributed by atoms with Gasteiger partial charge in [0.05, 0.1) is 19.8 Å². The van der Waals surface area contributed by atoms with Crippen LogP contribution in [0.4, 0.5) is 0 Å². The van der Waals surface area contributed by atoms with Gasteiger partial charge in [0.1, 0.15) is 11.4 Å². The molecule has 0 bridgehead atoms. The van der Waals surface area contributed by atoms with Gasteiger partial charge < -0.3 is 14.0 Å². The standard InChI is InChI=1S/C13H13N3O6S/c1-7-14-12(15-22-7)6-16-13(17)8-4-9(20-2)10(21-3)5-11(8)23(16,18)19/h4-5H,6H2,1-3H3. The summed E-state index contributed by atoms with van der Waals surface area (Å²) in [7, 11) is -1.23. The van der Waals surface area contributed by atoms with Gasteiger partial charge in [0.2, 0.25) is 5.89 Å². The number of carbonyl (C=O) groups is 1. The van der Waals surface area contributed by atoms with E-state index >= 15 is 0 Å². The number of nitrogens with zero attached hydrogens (tertiary/aromatic N) is 3. The number of benzene rings is 1. The van der Waals surface area contributed by atoms with Crippen molar-refractivity contribution >= 4 is 15.9 Å². The number of amides is 1. The van der Waals surface area contributed by atoms with Crippen molar-refractivity contribution in [1.82, 2.24) is 14.4 Å². The molecule has 10 heteroatoms. The van der Waals surface area contributed by atoms with Crippen LogP contribution in [0.2, 0.25) is 0 Å². The van der Waals surface area contributed by atoms with Crippen LogP contribution < -0.4 is 9.47 Å². The van der Waals surface area contributed by atoms with Gasteiger partial charge in [-0.1, -0.05) is 5.16 Å². The maximum absolute atomic E-state index is 12.6. The first-order chi connectivity index (χ1) is 10.9. The van der Waals surface area contributed by atoms with Gasteiger partial charge in [0, 0.05) is 13.0 Å². The summed E-state index contributed by atoms with van der Waals surface area (Å²) < 4.78 is 40.9. The molecule has 1 amide bonds. The lowest BCUT2D eigenvalue weighted by Gasteiger charge is -2.12. The molecular formula is C13H13N3O6S. The lowest BCUT2D eigenvalue weighted by molar-refractivity contribution is 0.0861. The minimum atomic E-state index is -4.02. The quantitative estimate of drug-likeness (QED) is 0.802. The molecule has 23 heavy (non-hydrogen) atoms. The highest BCUT2D eigenvalue weighted by atomic mass is 32.2. The van der Waals surface area contributed by atoms with Crippen LogP contribution >= 0.6 is 0 Å². The zero-order valence-corrected chi connectivity index (χ0v) is 13.4. The topological polar surface area (TPSA) is 112 Å². The number of carbonyl (C=O) groups excluding carboxylic acids is 1. The summed E-state index contributed by atoms with van der Waals surface area (Å²) >= 11 is 0. The number of hydrogen-bond donors (Lipinski definition) is 0. The molecule has 0 fully saturated rings. The number of sulfonamides is 1. The molecule has 3 rings (SSSR count). The van der Waals surface area contributed by atoms with Crippen LogP contribution in [0.25, 0.3) is 0 Å². The number of aromatic nitrogens is 2. The predicted molar refractivity (Wildman–Crippen MR) is 75.6 cm³/mol. The van der Waals surface area contributed by atoms with Crippen molar-refractivity contribution in [1.29, 1.82) is 0 Å². The Morgan fingerprint density at radius 3 is 2.43 bits per heavy atom. The number of aryl methyl sites for hydroxylation is 1. The molecule has 2 heterocycles. The lowest BCUT2D eigenvalue weighted by Crippen LogP contribution is -2.29. The van der Waals surface area contributed by atoms with Crippen molar-refractivity contribution in [3.8, 4) is 11.5 Å². The fourth-order valence-corrected chi connectivity index (χ4v) is 3.81. The molecule has 9 nitrogen and oxygen atoms in total. The number of methoxy groups -OCH3 is 2. The van der Waals surface area contributed by atoms with Crippen molar-refractivity contribution < 1.29 is 27.2 Å². The smallest absolute Gasteiger partial charge is 0.269 e. The molecule has 0 radical (unpaired) electrons. The Hall–Kier alpha value is -2.62. The molecule has 0 N–H and O–H groups in total. The summed E-state index contributed by atoms with van der Waals surface area (Å²) in [5.41, 5.74) is 0.0165. The van der Waals surface area contributed by atoms with Crippen LogP contribution in [0.1, 0.15) is 22.1 Å². The van der Waals surface area contributed by atoms with Crippen LogP contribution in [-0.2, 0) is 16.6 Å². The molecule has 0 atom stereocenters. The second-order valence-electron chi connectivity index (χ2n) is 4.75. The van der Waals surface area contributed by atoms with Gasteiger partial charge in [-0.3, -0.25) is 4.79 Å². The lowest BCUT2D eigenvalue weighted by atomic mass is 10.2. The molecule has 2 aromatic rings. The molecule has 1 aromatic carbocycles. The Morgan fingerprint density at radius 1 is 1.22 bits per heavy atom. The average Bonchev–Trinajstić information content (AvgIpc) is 3.01. The van der Waals surface area contributed by atoms with Crippen molar-refractivity contribution in [3.05, 3.63) is 29.4 Å². The predicted octanol–water partition coefficient (Wildman–Crippen LogP) is 0.740. The molecule has 1 aliphatic heterocycles. The van der Waals surface area contributed by atoms with E-state index in [0.717, 1.165) is 0 Å². The van der Waals surface area contributed by atoms with Crippen LogP contribution in [-0.4, -0.2) is 43.0 Å². The van der Waals surface area contributed by atoms with Gasteiger partial charge >= 0.3 is 0 Å². The van der Waals surface area contributed by atoms with E-state index < -0.39 is 15.9 Å². The van der Waals surface area contributed by atoms with E-state index in [9.17, 15) is 13.2 Å². The van der Waals surface area contributed by atoms with Gasteiger partial charge in [-0.25, -0.2) is 12.7 Å². The van der Waals surface area contributed by atoms with Crippen molar-refractivity contribution in [3.63, 3.8) is 0 Å². The number of rotatable bonds is 4. The summed E-state index contributed by atoms with van der Waals surface area (Å²) in [5.74, 6) is 0.200. The molecule has 1 aromatic heterocycles. The molecule has 1 aliphatic rings. The Balaban J connectivity index is 2.07. The molecule has 122 valence electrons. The van der Waals surface area contributed by atoms with Crippen LogP contribution in [0, 0.1) is 6.92 Å². The van der Waals surface area contributed by atoms with Gasteiger partial charge in [-0.15, -0.1) is 0 Å². The number of hydrogen-bond acceptors (Lipinski definition) is 8. The zero-order valence-electron chi connectivity index (χ0n) is 12.6. The molecular weight excluding hydrogens is 326 g/mol. The monoisotopic (exact) mass is 339 g/mol. The third-order valence-corrected chi connectivity index (χ3v) is 5.13. The molecule has 0 aliphatic carbocycles. The summed E-state index contributed by atoms with van der Waals surface area (Å²) in [6, 6.07) is 2.61. The fraction of sp³-hybridized carbons (Fsp3) is 0.308. The maximum atomic E-state index is 12.6. The highest BCUT2D eigenvalue weighted by Gasteiger charge is 2.43. The Bertz CT molecular complexity index is 889. The highest BCUT2D eigenvalue weighted by molar-refractivity contribution is 7.90. The first-order valence-corrected chi connectivity index (χ1v) is 7.94. The van der Waals surface area contributed by atoms with Gasteiger partial charge in [0.15, 0.2) is 17.3 Å². The fourth-order valence-electron chi connectivity index (χ4n) is 2.29. The number of ether oxygens (including phenoxy) is 2. The van der Waals surface area contributed by atoms with Gasteiger partial charge in [0.25, 0.3) is 15.9 Å². The van der Waals surface area contributed by atoms with Crippen molar-refractivity contribution in [2.24, 2.45) is 0 Å². The van der Waals surface area contributed by atoms with Crippen LogP contribution in [0.3, 0.4) is 0 Å². The Kier molecular flexibility index (Phi) is 3.48. The second-order valence-corrected chi connectivity index (χ2v) is 6.58. The summed E-state index contributed by atoms with van der Waals surface area (Å²) in [6.07, 6.45) is 0. The van der Waals surface area contributed by atoms with Gasteiger partial charge in [-0.2, -0.15) is 4.98 Å². The normalized spacial score (nSPS) is 15.6. The molecule has 0 saturated carbocycles. The van der Waals surface area contributed by atoms with E-state index in [1.54, 1.807) is 6.92 Å². The minimum Gasteiger partial charge on any atom is -0.493 e. The van der Waals surface area contributed by atoms with E-state index in [1.807, 2.05) is 0 Å². The highest BCUT2D eigenvalue weighted by Crippen LogP contribution is 2.39. The average molecular weight is 339 g/mol. The summed E-state index contributed by atoms with van der Waals surface area (Å²) in [4.78, 5) is 16.2. The first kappa shape index (κ1) is 15.3. The van der Waals surface area contributed by atoms with Crippen LogP contribution in [0.15, 0.2) is 21.6 Å². The van der Waals surface area contributed by atoms with E-state index in [1.165, 1.54) is 26.4 Å². The molecule has 0 unspecified atom stereocenters. The second kappa shape index (κ2) is 5.23. The Labute approximate surface area is 131 Å². The third-order valence-electron chi connectivity index (χ3n) is 3.37. The van der Waals surface area contributed by atoms with Gasteiger partial charge in [-0.05, 0) is 6.07 Å². The van der Waals surface area contributed by atoms with E-state index in [4.69, 9.17) is 14.0 Å². The van der Waals surface area contributed by atoms with Crippen molar-refractivity contribution in [2.75, 3.05) is 14.2 Å². The largest absolute Gasteiger partial charge is 0.493 e. The minimum absolute atomic E-state index is 0.0165. The zero-order chi connectivity index (χ0) is 16.8. The number of fused-ring (bicyclic) bond motifs is 1. The van der Waals surface area contributed by atoms with E-state index in [2.05, 4.69) is 10.1 Å². The van der Waals surface area contributed by atoms with Crippen molar-refractivity contribution in [2.45, 2.75) is 18.4 Å². The third kappa shape index (κ3) is 2.31.